The highest BCUT2D eigenvalue weighted by atomic mass is 16.5. The van der Waals surface area contributed by atoms with Gasteiger partial charge in [-0.1, -0.05) is 13.3 Å². The zero-order chi connectivity index (χ0) is 16.7. The molecule has 6 nitrogen and oxygen atoms in total. The molecule has 1 aromatic carbocycles. The Hall–Kier alpha value is -2.24. The number of ether oxygens (including phenoxy) is 1. The van der Waals surface area contributed by atoms with Crippen LogP contribution in [0.2, 0.25) is 0 Å². The predicted octanol–water partition coefficient (Wildman–Crippen LogP) is 1.26. The first-order valence-corrected chi connectivity index (χ1v) is 8.11. The summed E-state index contributed by atoms with van der Waals surface area (Å²) in [4.78, 5) is 27.7. The normalized spacial score (nSPS) is 14.5. The lowest BCUT2D eigenvalue weighted by Gasteiger charge is -2.35. The van der Waals surface area contributed by atoms with Crippen LogP contribution in [0, 0.1) is 0 Å². The van der Waals surface area contributed by atoms with Crippen molar-refractivity contribution >= 4 is 17.5 Å². The molecule has 0 aliphatic carbocycles. The number of methoxy groups -OCH3 is 1. The summed E-state index contributed by atoms with van der Waals surface area (Å²) >= 11 is 0. The van der Waals surface area contributed by atoms with Gasteiger partial charge in [-0.05, 0) is 30.7 Å². The molecule has 1 saturated heterocycles. The number of anilines is 1. The summed E-state index contributed by atoms with van der Waals surface area (Å²) in [5, 5.41) is 2.68. The van der Waals surface area contributed by atoms with Crippen molar-refractivity contribution in [3.05, 3.63) is 24.3 Å². The maximum atomic E-state index is 12.1. The molecule has 1 N–H and O–H groups in total. The van der Waals surface area contributed by atoms with Gasteiger partial charge in [0, 0.05) is 38.4 Å². The first-order chi connectivity index (χ1) is 11.2. The lowest BCUT2D eigenvalue weighted by molar-refractivity contribution is -0.146. The Morgan fingerprint density at radius 3 is 2.35 bits per heavy atom. The molecule has 0 saturated carbocycles. The molecule has 126 valence electrons. The minimum absolute atomic E-state index is 0.421. The summed E-state index contributed by atoms with van der Waals surface area (Å²) in [7, 11) is 1.64. The first-order valence-electron chi connectivity index (χ1n) is 8.11. The third-order valence-electron chi connectivity index (χ3n) is 4.01. The van der Waals surface area contributed by atoms with Gasteiger partial charge in [0.15, 0.2) is 0 Å². The molecular formula is C17H25N3O3. The van der Waals surface area contributed by atoms with Crippen LogP contribution in [0.25, 0.3) is 0 Å². The second kappa shape index (κ2) is 8.41. The maximum Gasteiger partial charge on any atom is 0.312 e. The quantitative estimate of drug-likeness (QED) is 0.656. The van der Waals surface area contributed by atoms with E-state index in [1.165, 1.54) is 0 Å². The molecular weight excluding hydrogens is 294 g/mol. The number of amides is 2. The molecule has 1 aromatic rings. The lowest BCUT2D eigenvalue weighted by atomic mass is 10.2. The minimum Gasteiger partial charge on any atom is -0.497 e. The highest BCUT2D eigenvalue weighted by Crippen LogP contribution is 2.20. The van der Waals surface area contributed by atoms with Crippen LogP contribution in [-0.2, 0) is 9.59 Å². The molecule has 1 aliphatic rings. The zero-order valence-electron chi connectivity index (χ0n) is 13.9. The molecule has 2 rings (SSSR count). The summed E-state index contributed by atoms with van der Waals surface area (Å²) in [5.74, 6) is -0.0851. The highest BCUT2D eigenvalue weighted by molar-refractivity contribution is 6.35. The number of unbranched alkanes of at least 4 members (excludes halogenated alkanes) is 1. The fourth-order valence-electron chi connectivity index (χ4n) is 2.56. The van der Waals surface area contributed by atoms with Gasteiger partial charge < -0.3 is 19.9 Å². The summed E-state index contributed by atoms with van der Waals surface area (Å²) in [5.41, 5.74) is 1.10. The van der Waals surface area contributed by atoms with Crippen LogP contribution in [0.4, 0.5) is 5.69 Å². The fraction of sp³-hybridized carbons (Fsp3) is 0.529. The van der Waals surface area contributed by atoms with E-state index in [-0.39, 0.29) is 0 Å². The smallest absolute Gasteiger partial charge is 0.312 e. The second-order valence-corrected chi connectivity index (χ2v) is 5.59. The van der Waals surface area contributed by atoms with Gasteiger partial charge in [0.2, 0.25) is 0 Å². The number of rotatable bonds is 5. The second-order valence-electron chi connectivity index (χ2n) is 5.59. The zero-order valence-corrected chi connectivity index (χ0v) is 13.9. The van der Waals surface area contributed by atoms with Gasteiger partial charge in [0.1, 0.15) is 5.75 Å². The van der Waals surface area contributed by atoms with Gasteiger partial charge in [-0.2, -0.15) is 0 Å². The van der Waals surface area contributed by atoms with Gasteiger partial charge in [-0.3, -0.25) is 9.59 Å². The van der Waals surface area contributed by atoms with Crippen LogP contribution in [-0.4, -0.2) is 56.5 Å². The number of nitrogens with zero attached hydrogens (tertiary/aromatic N) is 2. The standard InChI is InChI=1S/C17H25N3O3/c1-3-4-9-18-16(21)17(22)20-12-10-19(11-13-20)14-5-7-15(23-2)8-6-14/h5-8H,3-4,9-13H2,1-2H3,(H,18,21). The summed E-state index contributed by atoms with van der Waals surface area (Å²) in [6.07, 6.45) is 1.89. The van der Waals surface area contributed by atoms with E-state index >= 15 is 0 Å². The number of benzene rings is 1. The van der Waals surface area contributed by atoms with Crippen molar-refractivity contribution in [3.63, 3.8) is 0 Å². The number of nitrogens with one attached hydrogen (secondary N) is 1. The van der Waals surface area contributed by atoms with Crippen molar-refractivity contribution < 1.29 is 14.3 Å². The van der Waals surface area contributed by atoms with E-state index in [1.807, 2.05) is 31.2 Å². The largest absolute Gasteiger partial charge is 0.497 e. The topological polar surface area (TPSA) is 61.9 Å². The van der Waals surface area contributed by atoms with Gasteiger partial charge in [-0.25, -0.2) is 0 Å². The molecule has 1 fully saturated rings. The van der Waals surface area contributed by atoms with Gasteiger partial charge >= 0.3 is 11.8 Å². The van der Waals surface area contributed by atoms with E-state index in [0.29, 0.717) is 19.6 Å². The number of piperazine rings is 1. The van der Waals surface area contributed by atoms with Crippen LogP contribution < -0.4 is 15.0 Å². The molecule has 0 radical (unpaired) electrons. The molecule has 1 heterocycles. The van der Waals surface area contributed by atoms with Gasteiger partial charge in [0.05, 0.1) is 7.11 Å². The Labute approximate surface area is 137 Å². The van der Waals surface area contributed by atoms with Crippen molar-refractivity contribution in [2.24, 2.45) is 0 Å². The minimum atomic E-state index is -0.489. The van der Waals surface area contributed by atoms with Crippen molar-refractivity contribution in [1.82, 2.24) is 10.2 Å². The maximum absolute atomic E-state index is 12.1. The SMILES string of the molecule is CCCCNC(=O)C(=O)N1CCN(c2ccc(OC)cc2)CC1. The fourth-order valence-corrected chi connectivity index (χ4v) is 2.56. The molecule has 6 heteroatoms. The Bertz CT molecular complexity index is 522. The molecule has 0 bridgehead atoms. The van der Waals surface area contributed by atoms with Crippen molar-refractivity contribution in [1.29, 1.82) is 0 Å². The average molecular weight is 319 g/mol. The Kier molecular flexibility index (Phi) is 6.26. The van der Waals surface area contributed by atoms with E-state index in [9.17, 15) is 9.59 Å². The number of hydrogen-bond acceptors (Lipinski definition) is 4. The van der Waals surface area contributed by atoms with Gasteiger partial charge in [0.25, 0.3) is 0 Å². The summed E-state index contributed by atoms with van der Waals surface area (Å²) < 4.78 is 5.16. The van der Waals surface area contributed by atoms with E-state index in [2.05, 4.69) is 10.2 Å². The van der Waals surface area contributed by atoms with E-state index < -0.39 is 11.8 Å². The molecule has 23 heavy (non-hydrogen) atoms. The number of carbonyl (C=O) groups is 2. The predicted molar refractivity (Wildman–Crippen MR) is 89.7 cm³/mol. The molecule has 1 aliphatic heterocycles. The molecule has 0 spiro atoms. The van der Waals surface area contributed by atoms with Crippen molar-refractivity contribution in [3.8, 4) is 5.75 Å². The van der Waals surface area contributed by atoms with E-state index in [0.717, 1.165) is 37.4 Å². The van der Waals surface area contributed by atoms with Crippen LogP contribution in [0.5, 0.6) is 5.75 Å². The van der Waals surface area contributed by atoms with Crippen LogP contribution in [0.1, 0.15) is 19.8 Å². The Balaban J connectivity index is 1.82. The van der Waals surface area contributed by atoms with Crippen LogP contribution in [0.15, 0.2) is 24.3 Å². The average Bonchev–Trinajstić information content (AvgIpc) is 2.61. The molecule has 2 amide bonds. The third kappa shape index (κ3) is 4.61. The van der Waals surface area contributed by atoms with Crippen molar-refractivity contribution in [2.45, 2.75) is 19.8 Å². The molecule has 0 unspecified atom stereocenters. The van der Waals surface area contributed by atoms with Crippen molar-refractivity contribution in [2.75, 3.05) is 44.7 Å². The summed E-state index contributed by atoms with van der Waals surface area (Å²) in [6, 6.07) is 7.86. The number of hydrogen-bond donors (Lipinski definition) is 1. The lowest BCUT2D eigenvalue weighted by Crippen LogP contribution is -2.52. The molecule has 0 aromatic heterocycles. The number of carbonyl (C=O) groups excluding carboxylic acids is 2. The molecule has 0 atom stereocenters. The Morgan fingerprint density at radius 1 is 1.13 bits per heavy atom. The van der Waals surface area contributed by atoms with Crippen LogP contribution in [0.3, 0.4) is 0 Å². The van der Waals surface area contributed by atoms with Gasteiger partial charge in [-0.15, -0.1) is 0 Å². The van der Waals surface area contributed by atoms with E-state index in [1.54, 1.807) is 12.0 Å². The monoisotopic (exact) mass is 319 g/mol. The highest BCUT2D eigenvalue weighted by Gasteiger charge is 2.25. The van der Waals surface area contributed by atoms with Crippen LogP contribution >= 0.6 is 0 Å². The Morgan fingerprint density at radius 2 is 1.78 bits per heavy atom. The first kappa shape index (κ1) is 17.1. The van der Waals surface area contributed by atoms with E-state index in [4.69, 9.17) is 4.74 Å². The summed E-state index contributed by atoms with van der Waals surface area (Å²) in [6.45, 7) is 5.18. The third-order valence-corrected chi connectivity index (χ3v) is 4.01.